The molecule has 1 aliphatic carbocycles. The molecule has 1 aliphatic heterocycles. The van der Waals surface area contributed by atoms with Gasteiger partial charge in [0.05, 0.1) is 24.1 Å². The lowest BCUT2D eigenvalue weighted by molar-refractivity contribution is -0.132. The lowest BCUT2D eigenvalue weighted by Crippen LogP contribution is -2.46. The minimum atomic E-state index is -1.00. The van der Waals surface area contributed by atoms with Crippen LogP contribution in [0.25, 0.3) is 11.4 Å². The zero-order valence-electron chi connectivity index (χ0n) is 15.8. The van der Waals surface area contributed by atoms with Gasteiger partial charge in [0.25, 0.3) is 0 Å². The lowest BCUT2D eigenvalue weighted by Gasteiger charge is -2.25. The second kappa shape index (κ2) is 7.58. The number of aromatic nitrogens is 2. The average Bonchev–Trinajstić information content (AvgIpc) is 3.17. The van der Waals surface area contributed by atoms with Gasteiger partial charge in [-0.1, -0.05) is 24.1 Å². The average molecular weight is 390 g/mol. The molecule has 0 unspecified atom stereocenters. The van der Waals surface area contributed by atoms with Crippen LogP contribution in [0.15, 0.2) is 22.7 Å². The lowest BCUT2D eigenvalue weighted by atomic mass is 9.93. The van der Waals surface area contributed by atoms with Crippen LogP contribution in [0.4, 0.5) is 8.78 Å². The van der Waals surface area contributed by atoms with E-state index in [1.165, 1.54) is 11.0 Å². The molecule has 2 aliphatic rings. The fourth-order valence-corrected chi connectivity index (χ4v) is 3.71. The van der Waals surface area contributed by atoms with Crippen molar-refractivity contribution < 1.29 is 18.1 Å². The molecular weight excluding hydrogens is 366 g/mol. The molecule has 1 aromatic heterocycles. The molecule has 0 bridgehead atoms. The number of alkyl halides is 1. The van der Waals surface area contributed by atoms with Gasteiger partial charge in [-0.3, -0.25) is 4.79 Å². The summed E-state index contributed by atoms with van der Waals surface area (Å²) in [5.41, 5.74) is 7.31. The van der Waals surface area contributed by atoms with Crippen LogP contribution >= 0.6 is 0 Å². The molecule has 1 aromatic carbocycles. The highest BCUT2D eigenvalue weighted by Crippen LogP contribution is 2.40. The Bertz CT molecular complexity index is 868. The Morgan fingerprint density at radius 3 is 2.82 bits per heavy atom. The molecule has 6 nitrogen and oxygen atoms in total. The number of amides is 1. The number of hydrogen-bond donors (Lipinski definition) is 1. The van der Waals surface area contributed by atoms with Crippen LogP contribution in [0, 0.1) is 18.7 Å². The van der Waals surface area contributed by atoms with E-state index in [2.05, 4.69) is 10.1 Å². The van der Waals surface area contributed by atoms with Gasteiger partial charge >= 0.3 is 0 Å². The first-order chi connectivity index (χ1) is 13.4. The fourth-order valence-electron chi connectivity index (χ4n) is 3.71. The number of carbonyl (C=O) groups is 1. The van der Waals surface area contributed by atoms with Gasteiger partial charge in [-0.2, -0.15) is 4.98 Å². The van der Waals surface area contributed by atoms with Crippen LogP contribution in [0.5, 0.6) is 0 Å². The summed E-state index contributed by atoms with van der Waals surface area (Å²) in [4.78, 5) is 18.6. The van der Waals surface area contributed by atoms with E-state index in [0.717, 1.165) is 18.4 Å². The Labute approximate surface area is 162 Å². The summed E-state index contributed by atoms with van der Waals surface area (Å²) in [6.45, 7) is 2.24. The third kappa shape index (κ3) is 3.92. The van der Waals surface area contributed by atoms with Crippen LogP contribution < -0.4 is 5.73 Å². The highest BCUT2D eigenvalue weighted by Gasteiger charge is 2.39. The van der Waals surface area contributed by atoms with Crippen molar-refractivity contribution in [3.8, 4) is 11.4 Å². The molecule has 3 atom stereocenters. The van der Waals surface area contributed by atoms with Gasteiger partial charge in [0.15, 0.2) is 0 Å². The number of nitrogens with two attached hydrogens (primary N) is 1. The van der Waals surface area contributed by atoms with Gasteiger partial charge in [0, 0.05) is 6.54 Å². The van der Waals surface area contributed by atoms with Crippen molar-refractivity contribution >= 4 is 5.91 Å². The van der Waals surface area contributed by atoms with Crippen LogP contribution in [0.1, 0.15) is 43.1 Å². The number of aryl methyl sites for hydroxylation is 1. The summed E-state index contributed by atoms with van der Waals surface area (Å²) in [6.07, 6.45) is 2.13. The molecular formula is C20H24F2N4O2. The van der Waals surface area contributed by atoms with Crippen molar-refractivity contribution in [2.75, 3.05) is 13.1 Å². The van der Waals surface area contributed by atoms with Gasteiger partial charge in [-0.05, 0) is 43.4 Å². The first kappa shape index (κ1) is 19.0. The minimum Gasteiger partial charge on any atom is -0.339 e. The van der Waals surface area contributed by atoms with Gasteiger partial charge in [0.2, 0.25) is 17.6 Å². The molecule has 28 heavy (non-hydrogen) atoms. The van der Waals surface area contributed by atoms with Crippen LogP contribution in [-0.4, -0.2) is 46.3 Å². The van der Waals surface area contributed by atoms with Crippen molar-refractivity contribution in [1.82, 2.24) is 15.0 Å². The number of likely N-dealkylation sites (tertiary alicyclic amines) is 1. The Morgan fingerprint density at radius 1 is 1.39 bits per heavy atom. The normalized spacial score (nSPS) is 21.7. The van der Waals surface area contributed by atoms with E-state index >= 15 is 0 Å². The van der Waals surface area contributed by atoms with Crippen molar-refractivity contribution in [3.63, 3.8) is 0 Å². The largest absolute Gasteiger partial charge is 0.339 e. The molecule has 2 fully saturated rings. The number of hydrogen-bond acceptors (Lipinski definition) is 5. The van der Waals surface area contributed by atoms with E-state index in [-0.39, 0.29) is 29.7 Å². The molecule has 0 spiro atoms. The zero-order valence-corrected chi connectivity index (χ0v) is 15.8. The Kier molecular flexibility index (Phi) is 5.14. The number of nitrogens with zero attached hydrogens (tertiary/aromatic N) is 3. The van der Waals surface area contributed by atoms with Crippen molar-refractivity contribution in [3.05, 3.63) is 35.5 Å². The summed E-state index contributed by atoms with van der Waals surface area (Å²) in [5, 5.41) is 3.91. The predicted octanol–water partition coefficient (Wildman–Crippen LogP) is 2.97. The van der Waals surface area contributed by atoms with E-state index < -0.39 is 23.9 Å². The highest BCUT2D eigenvalue weighted by molar-refractivity contribution is 5.83. The predicted molar refractivity (Wildman–Crippen MR) is 98.6 cm³/mol. The maximum Gasteiger partial charge on any atom is 0.240 e. The highest BCUT2D eigenvalue weighted by atomic mass is 19.1. The summed E-state index contributed by atoms with van der Waals surface area (Å²) in [7, 11) is 0. The third-order valence-corrected chi connectivity index (χ3v) is 5.57. The molecule has 8 heteroatoms. The Morgan fingerprint density at radius 2 is 2.18 bits per heavy atom. The molecule has 0 radical (unpaired) electrons. The summed E-state index contributed by atoms with van der Waals surface area (Å²) in [6, 6.07) is 3.89. The first-order valence-corrected chi connectivity index (χ1v) is 9.71. The first-order valence-electron chi connectivity index (χ1n) is 9.71. The summed E-state index contributed by atoms with van der Waals surface area (Å²) in [5.74, 6) is -0.363. The van der Waals surface area contributed by atoms with Crippen LogP contribution in [0.3, 0.4) is 0 Å². The molecule has 1 saturated carbocycles. The minimum absolute atomic E-state index is 0.0757. The third-order valence-electron chi connectivity index (χ3n) is 5.57. The quantitative estimate of drug-likeness (QED) is 0.820. The molecule has 4 rings (SSSR count). The number of benzene rings is 1. The van der Waals surface area contributed by atoms with Crippen LogP contribution in [-0.2, 0) is 4.79 Å². The smallest absolute Gasteiger partial charge is 0.240 e. The second-order valence-corrected chi connectivity index (χ2v) is 7.92. The topological polar surface area (TPSA) is 85.2 Å². The molecule has 2 N–H and O–H groups in total. The molecule has 2 aromatic rings. The maximum atomic E-state index is 14.3. The van der Waals surface area contributed by atoms with E-state index in [1.807, 2.05) is 0 Å². The monoisotopic (exact) mass is 390 g/mol. The molecule has 1 amide bonds. The fraction of sp³-hybridized carbons (Fsp3) is 0.550. The van der Waals surface area contributed by atoms with Gasteiger partial charge in [0.1, 0.15) is 12.0 Å². The molecule has 2 heterocycles. The second-order valence-electron chi connectivity index (χ2n) is 7.92. The van der Waals surface area contributed by atoms with E-state index in [9.17, 15) is 13.6 Å². The van der Waals surface area contributed by atoms with Crippen molar-refractivity contribution in [2.24, 2.45) is 11.7 Å². The number of halogens is 2. The molecule has 150 valence electrons. The van der Waals surface area contributed by atoms with Crippen molar-refractivity contribution in [1.29, 1.82) is 0 Å². The van der Waals surface area contributed by atoms with Gasteiger partial charge in [-0.15, -0.1) is 0 Å². The maximum absolute atomic E-state index is 14.3. The number of carbonyl (C=O) groups excluding carboxylic acids is 1. The zero-order chi connectivity index (χ0) is 19.8. The van der Waals surface area contributed by atoms with Crippen molar-refractivity contribution in [2.45, 2.75) is 50.7 Å². The summed E-state index contributed by atoms with van der Waals surface area (Å²) >= 11 is 0. The molecule has 1 saturated heterocycles. The summed E-state index contributed by atoms with van der Waals surface area (Å²) < 4.78 is 33.1. The van der Waals surface area contributed by atoms with Gasteiger partial charge < -0.3 is 15.2 Å². The Balaban J connectivity index is 1.57. The van der Waals surface area contributed by atoms with E-state index in [0.29, 0.717) is 25.3 Å². The van der Waals surface area contributed by atoms with Gasteiger partial charge in [-0.25, -0.2) is 8.78 Å². The Hall–Kier alpha value is -2.35. The SMILES string of the molecule is Cc1ccc(-c2noc([C@@H](CC3CC3)[C@H](N)C(=O)N3CC[C@H](F)C3)n2)c(F)c1. The van der Waals surface area contributed by atoms with Crippen LogP contribution in [0.2, 0.25) is 0 Å². The van der Waals surface area contributed by atoms with E-state index in [4.69, 9.17) is 10.3 Å². The standard InChI is InChI=1S/C20H24F2N4O2/c1-11-2-5-14(16(22)8-11)18-24-19(28-25-18)15(9-12-3-4-12)17(23)20(27)26-7-6-13(21)10-26/h2,5,8,12-13,15,17H,3-4,6-7,9-10,23H2,1H3/t13-,15-,17-/m0/s1. The number of rotatable bonds is 6. The van der Waals surface area contributed by atoms with E-state index in [1.54, 1.807) is 19.1 Å².